The van der Waals surface area contributed by atoms with E-state index in [1.165, 1.54) is 27.7 Å². The Morgan fingerprint density at radius 2 is 1.51 bits per heavy atom. The van der Waals surface area contributed by atoms with Gasteiger partial charge < -0.3 is 24.4 Å². The Hall–Kier alpha value is -1.45. The molecule has 0 amide bonds. The number of aliphatic hydroxyl groups is 1. The maximum absolute atomic E-state index is 13.0. The van der Waals surface area contributed by atoms with Crippen LogP contribution in [0.4, 0.5) is 26.3 Å². The number of esters is 2. The Kier molecular flexibility index (Phi) is 13.0. The molecule has 3 N–H and O–H groups in total. The highest BCUT2D eigenvalue weighted by atomic mass is 32.2. The van der Waals surface area contributed by atoms with Crippen molar-refractivity contribution in [2.45, 2.75) is 96.5 Å². The van der Waals surface area contributed by atoms with Crippen LogP contribution < -0.4 is 5.32 Å². The van der Waals surface area contributed by atoms with Gasteiger partial charge in [-0.25, -0.2) is 4.21 Å². The van der Waals surface area contributed by atoms with E-state index in [2.05, 4.69) is 5.32 Å². The molecular formula is C22H37F6NO7S. The topological polar surface area (TPSA) is 122 Å². The average Bonchev–Trinajstić information content (AvgIpc) is 2.70. The lowest BCUT2D eigenvalue weighted by molar-refractivity contribution is -0.261. The smallest absolute Gasteiger partial charge is 0.417 e. The first-order valence-corrected chi connectivity index (χ1v) is 12.7. The molecule has 0 rings (SSSR count). The monoisotopic (exact) mass is 573 g/mol. The van der Waals surface area contributed by atoms with Crippen molar-refractivity contribution in [1.82, 2.24) is 5.32 Å². The second-order valence-electron chi connectivity index (χ2n) is 10.1. The van der Waals surface area contributed by atoms with Crippen molar-refractivity contribution in [1.29, 1.82) is 0 Å². The van der Waals surface area contributed by atoms with Gasteiger partial charge in [-0.05, 0) is 53.9 Å². The molecular weight excluding hydrogens is 536 g/mol. The Labute approximate surface area is 215 Å². The molecule has 0 spiro atoms. The summed E-state index contributed by atoms with van der Waals surface area (Å²) in [5.41, 5.74) is -6.15. The molecule has 6 atom stereocenters. The first-order valence-electron chi connectivity index (χ1n) is 11.5. The minimum absolute atomic E-state index is 0.0564. The van der Waals surface area contributed by atoms with Crippen LogP contribution in [-0.4, -0.2) is 74.8 Å². The van der Waals surface area contributed by atoms with Gasteiger partial charge in [0.05, 0.1) is 22.6 Å². The maximum Gasteiger partial charge on any atom is 0.417 e. The van der Waals surface area contributed by atoms with Crippen molar-refractivity contribution < 1.29 is 59.3 Å². The van der Waals surface area contributed by atoms with Crippen LogP contribution in [0.1, 0.15) is 67.2 Å². The van der Waals surface area contributed by atoms with Gasteiger partial charge in [0.25, 0.3) is 0 Å². The number of nitrogens with one attached hydrogen (secondary N) is 1. The summed E-state index contributed by atoms with van der Waals surface area (Å²) in [6, 6.07) is 0. The van der Waals surface area contributed by atoms with Crippen LogP contribution in [-0.2, 0) is 30.1 Å². The molecule has 0 aliphatic carbocycles. The number of carbonyl (C=O) groups is 2. The Bertz CT molecular complexity index is 792. The van der Waals surface area contributed by atoms with E-state index in [4.69, 9.17) is 9.47 Å². The Morgan fingerprint density at radius 3 is 1.95 bits per heavy atom. The second kappa shape index (κ2) is 13.6. The van der Waals surface area contributed by atoms with E-state index in [-0.39, 0.29) is 25.8 Å². The van der Waals surface area contributed by atoms with Crippen LogP contribution in [0.25, 0.3) is 0 Å². The standard InChI is InChI=1S/C22H37F6NO7S/c1-7-18(4,17(31)36-14(2)10-20(6,32)22(26,27)28)12-19(5,11-15(3)37(33)34)16(30)35-9-8-29-13-21(23,24)25/h14-15,29,32H,7-13H2,1-6H3,(H,33,34). The minimum atomic E-state index is -4.96. The molecule has 6 unspecified atom stereocenters. The SMILES string of the molecule is CCC(C)(CC(C)(CC(C)S(=O)O)C(=O)OCCNCC(F)(F)F)C(=O)OC(C)CC(C)(O)C(F)(F)F. The Morgan fingerprint density at radius 1 is 0.973 bits per heavy atom. The van der Waals surface area contributed by atoms with E-state index in [1.807, 2.05) is 0 Å². The van der Waals surface area contributed by atoms with Gasteiger partial charge in [-0.1, -0.05) is 6.92 Å². The fourth-order valence-electron chi connectivity index (χ4n) is 3.80. The summed E-state index contributed by atoms with van der Waals surface area (Å²) in [6.07, 6.45) is -12.2. The summed E-state index contributed by atoms with van der Waals surface area (Å²) in [6.45, 7) is 5.34. The van der Waals surface area contributed by atoms with Gasteiger partial charge in [0.2, 0.25) is 0 Å². The molecule has 220 valence electrons. The molecule has 0 aliphatic heterocycles. The van der Waals surface area contributed by atoms with Crippen molar-refractivity contribution in [3.8, 4) is 0 Å². The molecule has 8 nitrogen and oxygen atoms in total. The van der Waals surface area contributed by atoms with Crippen LogP contribution >= 0.6 is 0 Å². The van der Waals surface area contributed by atoms with Gasteiger partial charge in [-0.3, -0.25) is 9.59 Å². The van der Waals surface area contributed by atoms with Crippen LogP contribution in [0.15, 0.2) is 0 Å². The number of ether oxygens (including phenoxy) is 2. The number of hydrogen-bond acceptors (Lipinski definition) is 7. The molecule has 37 heavy (non-hydrogen) atoms. The molecule has 0 radical (unpaired) electrons. The summed E-state index contributed by atoms with van der Waals surface area (Å²) in [5, 5.41) is 10.8. The fourth-order valence-corrected chi connectivity index (χ4v) is 4.31. The summed E-state index contributed by atoms with van der Waals surface area (Å²) >= 11 is -2.36. The second-order valence-corrected chi connectivity index (χ2v) is 11.4. The van der Waals surface area contributed by atoms with Crippen LogP contribution in [0.3, 0.4) is 0 Å². The molecule has 0 heterocycles. The van der Waals surface area contributed by atoms with E-state index < -0.39 is 82.7 Å². The third-order valence-corrected chi connectivity index (χ3v) is 6.92. The van der Waals surface area contributed by atoms with Gasteiger partial charge in [0.1, 0.15) is 12.7 Å². The first-order chi connectivity index (χ1) is 16.5. The minimum Gasteiger partial charge on any atom is -0.464 e. The van der Waals surface area contributed by atoms with E-state index in [1.54, 1.807) is 6.92 Å². The number of halogens is 6. The van der Waals surface area contributed by atoms with Gasteiger partial charge in [0.15, 0.2) is 16.7 Å². The number of hydrogen-bond donors (Lipinski definition) is 3. The van der Waals surface area contributed by atoms with Crippen molar-refractivity contribution in [3.05, 3.63) is 0 Å². The van der Waals surface area contributed by atoms with Gasteiger partial charge >= 0.3 is 24.3 Å². The molecule has 0 aromatic carbocycles. The van der Waals surface area contributed by atoms with Gasteiger partial charge in [-0.15, -0.1) is 0 Å². The molecule has 0 saturated heterocycles. The van der Waals surface area contributed by atoms with Crippen LogP contribution in [0.5, 0.6) is 0 Å². The number of alkyl halides is 6. The third-order valence-electron chi connectivity index (χ3n) is 6.07. The normalized spacial score (nSPS) is 20.1. The zero-order valence-corrected chi connectivity index (χ0v) is 22.5. The number of carbonyl (C=O) groups excluding carboxylic acids is 2. The van der Waals surface area contributed by atoms with E-state index in [0.717, 1.165) is 0 Å². The molecule has 0 aromatic heterocycles. The van der Waals surface area contributed by atoms with Crippen molar-refractivity contribution in [2.24, 2.45) is 10.8 Å². The number of rotatable bonds is 15. The zero-order valence-electron chi connectivity index (χ0n) is 21.7. The third kappa shape index (κ3) is 11.9. The Balaban J connectivity index is 5.64. The van der Waals surface area contributed by atoms with Gasteiger partial charge in [0, 0.05) is 13.0 Å². The highest BCUT2D eigenvalue weighted by Crippen LogP contribution is 2.43. The van der Waals surface area contributed by atoms with E-state index >= 15 is 0 Å². The summed E-state index contributed by atoms with van der Waals surface area (Å²) in [4.78, 5) is 25.9. The molecule has 0 aromatic rings. The average molecular weight is 574 g/mol. The molecule has 0 bridgehead atoms. The lowest BCUT2D eigenvalue weighted by atomic mass is 9.69. The molecule has 0 saturated carbocycles. The molecule has 0 aliphatic rings. The zero-order chi connectivity index (χ0) is 29.5. The highest BCUT2D eigenvalue weighted by molar-refractivity contribution is 7.79. The summed E-state index contributed by atoms with van der Waals surface area (Å²) in [5.74, 6) is -1.89. The first kappa shape index (κ1) is 35.5. The van der Waals surface area contributed by atoms with Gasteiger partial charge in [-0.2, -0.15) is 26.3 Å². The van der Waals surface area contributed by atoms with Crippen molar-refractivity contribution in [2.75, 3.05) is 19.7 Å². The predicted octanol–water partition coefficient (Wildman–Crippen LogP) is 4.13. The molecule has 15 heteroatoms. The van der Waals surface area contributed by atoms with Crippen molar-refractivity contribution in [3.63, 3.8) is 0 Å². The van der Waals surface area contributed by atoms with Crippen LogP contribution in [0, 0.1) is 10.8 Å². The lowest BCUT2D eigenvalue weighted by Gasteiger charge is -2.38. The van der Waals surface area contributed by atoms with Crippen molar-refractivity contribution >= 4 is 23.0 Å². The molecule has 0 fully saturated rings. The van der Waals surface area contributed by atoms with Crippen LogP contribution in [0.2, 0.25) is 0 Å². The quantitative estimate of drug-likeness (QED) is 0.116. The lowest BCUT2D eigenvalue weighted by Crippen LogP contribution is -2.46. The fraction of sp³-hybridized carbons (Fsp3) is 0.909. The maximum atomic E-state index is 13.0. The summed E-state index contributed by atoms with van der Waals surface area (Å²) < 4.78 is 107. The predicted molar refractivity (Wildman–Crippen MR) is 123 cm³/mol. The largest absolute Gasteiger partial charge is 0.464 e. The van der Waals surface area contributed by atoms with E-state index in [9.17, 15) is 49.8 Å². The summed E-state index contributed by atoms with van der Waals surface area (Å²) in [7, 11) is 0. The van der Waals surface area contributed by atoms with E-state index in [0.29, 0.717) is 6.92 Å². The highest BCUT2D eigenvalue weighted by Gasteiger charge is 2.52.